The summed E-state index contributed by atoms with van der Waals surface area (Å²) in [7, 11) is 5.50. The van der Waals surface area contributed by atoms with Crippen LogP contribution in [0.15, 0.2) is 4.99 Å². The van der Waals surface area contributed by atoms with Crippen LogP contribution in [0.4, 0.5) is 0 Å². The lowest BCUT2D eigenvalue weighted by molar-refractivity contribution is -0.134. The van der Waals surface area contributed by atoms with Crippen LogP contribution in [-0.4, -0.2) is 74.7 Å². The Balaban J connectivity index is 1.85. The Bertz CT molecular complexity index is 464. The number of hydrogen-bond acceptors (Lipinski definition) is 4. The van der Waals surface area contributed by atoms with Crippen molar-refractivity contribution in [2.24, 2.45) is 10.9 Å². The smallest absolute Gasteiger partial charge is 0.225 e. The molecule has 1 amide bonds. The van der Waals surface area contributed by atoms with Crippen LogP contribution < -0.4 is 10.6 Å². The van der Waals surface area contributed by atoms with Crippen LogP contribution in [0.5, 0.6) is 0 Å². The van der Waals surface area contributed by atoms with Crippen LogP contribution in [0.2, 0.25) is 0 Å². The summed E-state index contributed by atoms with van der Waals surface area (Å²) in [6, 6.07) is 0.314. The third-order valence-corrected chi connectivity index (χ3v) is 6.86. The summed E-state index contributed by atoms with van der Waals surface area (Å²) >= 11 is 1.92. The van der Waals surface area contributed by atoms with Crippen molar-refractivity contribution in [1.29, 1.82) is 0 Å². The van der Waals surface area contributed by atoms with Gasteiger partial charge in [0.2, 0.25) is 5.91 Å². The Morgan fingerprint density at radius 2 is 2.04 bits per heavy atom. The molecule has 0 aromatic heterocycles. The van der Waals surface area contributed by atoms with Crippen LogP contribution in [0.25, 0.3) is 0 Å². The highest BCUT2D eigenvalue weighted by molar-refractivity contribution is 8.00. The maximum atomic E-state index is 12.2. The number of carbonyl (C=O) groups is 1. The van der Waals surface area contributed by atoms with E-state index < -0.39 is 0 Å². The zero-order valence-electron chi connectivity index (χ0n) is 16.1. The number of rotatable bonds is 5. The number of nitrogens with one attached hydrogen (secondary N) is 2. The van der Waals surface area contributed by atoms with E-state index in [0.717, 1.165) is 64.2 Å². The van der Waals surface area contributed by atoms with Gasteiger partial charge in [-0.1, -0.05) is 6.42 Å². The highest BCUT2D eigenvalue weighted by atomic mass is 32.2. The fourth-order valence-corrected chi connectivity index (χ4v) is 4.53. The van der Waals surface area contributed by atoms with Crippen LogP contribution in [-0.2, 0) is 9.53 Å². The van der Waals surface area contributed by atoms with Gasteiger partial charge in [-0.3, -0.25) is 9.79 Å². The van der Waals surface area contributed by atoms with Gasteiger partial charge in [-0.15, -0.1) is 0 Å². The summed E-state index contributed by atoms with van der Waals surface area (Å²) in [5, 5.41) is 7.05. The van der Waals surface area contributed by atoms with E-state index in [1.165, 1.54) is 0 Å². The van der Waals surface area contributed by atoms with Gasteiger partial charge in [-0.05, 0) is 38.4 Å². The fraction of sp³-hybridized carbons (Fsp3) is 0.889. The molecule has 0 aromatic rings. The van der Waals surface area contributed by atoms with Gasteiger partial charge in [-0.25, -0.2) is 0 Å². The lowest BCUT2D eigenvalue weighted by atomic mass is 9.85. The third-order valence-electron chi connectivity index (χ3n) is 5.44. The van der Waals surface area contributed by atoms with Crippen LogP contribution in [0.3, 0.4) is 0 Å². The number of amides is 1. The van der Waals surface area contributed by atoms with Crippen molar-refractivity contribution in [2.75, 3.05) is 47.2 Å². The molecular weight excluding hydrogens is 336 g/mol. The quantitative estimate of drug-likeness (QED) is 0.570. The van der Waals surface area contributed by atoms with E-state index in [4.69, 9.17) is 4.74 Å². The molecular formula is C18H34N4O2S. The van der Waals surface area contributed by atoms with Gasteiger partial charge in [-0.2, -0.15) is 11.8 Å². The minimum Gasteiger partial charge on any atom is -0.381 e. The maximum Gasteiger partial charge on any atom is 0.225 e. The number of nitrogens with zero attached hydrogens (tertiary/aromatic N) is 2. The Hall–Kier alpha value is -0.950. The molecule has 0 bridgehead atoms. The minimum atomic E-state index is 0.132. The van der Waals surface area contributed by atoms with E-state index in [1.54, 1.807) is 4.90 Å². The topological polar surface area (TPSA) is 66.0 Å². The average molecular weight is 371 g/mol. The first-order valence-corrected chi connectivity index (χ1v) is 10.5. The monoisotopic (exact) mass is 370 g/mol. The standard InChI is InChI=1S/C18H34N4O2S/c1-19-17(20-13-18(25-4)8-10-24-11-9-18)21-15-7-5-6-14(12-15)16(23)22(2)3/h14-15H,5-13H2,1-4H3,(H2,19,20,21). The number of guanidine groups is 1. The summed E-state index contributed by atoms with van der Waals surface area (Å²) in [6.45, 7) is 2.57. The summed E-state index contributed by atoms with van der Waals surface area (Å²) in [4.78, 5) is 18.4. The molecule has 1 aliphatic heterocycles. The summed E-state index contributed by atoms with van der Waals surface area (Å²) < 4.78 is 5.74. The molecule has 1 heterocycles. The number of ether oxygens (including phenoxy) is 1. The first-order chi connectivity index (χ1) is 12.0. The lowest BCUT2D eigenvalue weighted by Crippen LogP contribution is -2.51. The lowest BCUT2D eigenvalue weighted by Gasteiger charge is -2.37. The predicted molar refractivity (Wildman–Crippen MR) is 105 cm³/mol. The molecule has 25 heavy (non-hydrogen) atoms. The molecule has 1 saturated carbocycles. The molecule has 0 spiro atoms. The Kier molecular flexibility index (Phi) is 7.87. The van der Waals surface area contributed by atoms with E-state index in [9.17, 15) is 4.79 Å². The molecule has 144 valence electrons. The first kappa shape index (κ1) is 20.4. The van der Waals surface area contributed by atoms with Crippen molar-refractivity contribution < 1.29 is 9.53 Å². The van der Waals surface area contributed by atoms with E-state index in [-0.39, 0.29) is 16.6 Å². The molecule has 2 atom stereocenters. The Labute approximate surface area is 156 Å². The maximum absolute atomic E-state index is 12.2. The van der Waals surface area contributed by atoms with Gasteiger partial charge in [0, 0.05) is 57.6 Å². The van der Waals surface area contributed by atoms with Gasteiger partial charge >= 0.3 is 0 Å². The van der Waals surface area contributed by atoms with Gasteiger partial charge in [0.25, 0.3) is 0 Å². The summed E-state index contributed by atoms with van der Waals surface area (Å²) in [6.07, 6.45) is 8.39. The SMILES string of the molecule is CN=C(NCC1(SC)CCOCC1)NC1CCCC(C(=O)N(C)C)C1. The zero-order chi connectivity index (χ0) is 18.3. The Morgan fingerprint density at radius 1 is 1.32 bits per heavy atom. The Morgan fingerprint density at radius 3 is 2.64 bits per heavy atom. The number of thioether (sulfide) groups is 1. The van der Waals surface area contributed by atoms with Crippen molar-refractivity contribution >= 4 is 23.6 Å². The molecule has 1 saturated heterocycles. The molecule has 1 aliphatic carbocycles. The second-order valence-electron chi connectivity index (χ2n) is 7.36. The number of hydrogen-bond donors (Lipinski definition) is 2. The van der Waals surface area contributed by atoms with Crippen LogP contribution in [0, 0.1) is 5.92 Å². The van der Waals surface area contributed by atoms with Gasteiger partial charge < -0.3 is 20.3 Å². The largest absolute Gasteiger partial charge is 0.381 e. The molecule has 6 nitrogen and oxygen atoms in total. The highest BCUT2D eigenvalue weighted by Crippen LogP contribution is 2.33. The summed E-state index contributed by atoms with van der Waals surface area (Å²) in [5.74, 6) is 1.23. The highest BCUT2D eigenvalue weighted by Gasteiger charge is 2.32. The third kappa shape index (κ3) is 5.78. The second-order valence-corrected chi connectivity index (χ2v) is 8.64. The van der Waals surface area contributed by atoms with E-state index in [2.05, 4.69) is 21.9 Å². The fourth-order valence-electron chi connectivity index (χ4n) is 3.74. The van der Waals surface area contributed by atoms with Crippen molar-refractivity contribution in [3.8, 4) is 0 Å². The molecule has 2 unspecified atom stereocenters. The van der Waals surface area contributed by atoms with E-state index in [0.29, 0.717) is 6.04 Å². The first-order valence-electron chi connectivity index (χ1n) is 9.31. The van der Waals surface area contributed by atoms with Crippen LogP contribution >= 0.6 is 11.8 Å². The molecule has 2 rings (SSSR count). The molecule has 0 radical (unpaired) electrons. The average Bonchev–Trinajstić information content (AvgIpc) is 2.65. The molecule has 7 heteroatoms. The minimum absolute atomic E-state index is 0.132. The van der Waals surface area contributed by atoms with Crippen molar-refractivity contribution in [2.45, 2.75) is 49.3 Å². The summed E-state index contributed by atoms with van der Waals surface area (Å²) in [5.41, 5.74) is 0. The van der Waals surface area contributed by atoms with Gasteiger partial charge in [0.05, 0.1) is 0 Å². The van der Waals surface area contributed by atoms with Crippen molar-refractivity contribution in [3.05, 3.63) is 0 Å². The molecule has 0 aromatic carbocycles. The second kappa shape index (κ2) is 9.67. The van der Waals surface area contributed by atoms with E-state index >= 15 is 0 Å². The van der Waals surface area contributed by atoms with Gasteiger partial charge in [0.15, 0.2) is 5.96 Å². The van der Waals surface area contributed by atoms with Crippen molar-refractivity contribution in [3.63, 3.8) is 0 Å². The number of aliphatic imine (C=N–C) groups is 1. The molecule has 2 fully saturated rings. The number of carbonyl (C=O) groups excluding carboxylic acids is 1. The molecule has 2 aliphatic rings. The normalized spacial score (nSPS) is 26.8. The van der Waals surface area contributed by atoms with Gasteiger partial charge in [0.1, 0.15) is 0 Å². The zero-order valence-corrected chi connectivity index (χ0v) is 17.0. The van der Waals surface area contributed by atoms with Crippen LogP contribution in [0.1, 0.15) is 38.5 Å². The van der Waals surface area contributed by atoms with Crippen molar-refractivity contribution in [1.82, 2.24) is 15.5 Å². The molecule has 2 N–H and O–H groups in total. The predicted octanol–water partition coefficient (Wildman–Crippen LogP) is 1.71. The van der Waals surface area contributed by atoms with E-state index in [1.807, 2.05) is 32.9 Å².